The molecule has 0 aliphatic rings. The average molecular weight is 276 g/mol. The summed E-state index contributed by atoms with van der Waals surface area (Å²) in [7, 11) is 1.65. The maximum absolute atomic E-state index is 8.91. The van der Waals surface area contributed by atoms with E-state index in [9.17, 15) is 0 Å². The number of nitrogens with one attached hydrogen (secondary N) is 1. The number of rotatable bonds is 10. The Hall–Kier alpha value is -1.57. The van der Waals surface area contributed by atoms with Crippen LogP contribution in [-0.2, 0) is 11.3 Å². The lowest BCUT2D eigenvalue weighted by molar-refractivity contribution is 0.128. The zero-order chi connectivity index (χ0) is 14.6. The third-order valence-corrected chi connectivity index (χ3v) is 3.01. The molecule has 0 spiro atoms. The van der Waals surface area contributed by atoms with Crippen molar-refractivity contribution < 1.29 is 9.47 Å². The van der Waals surface area contributed by atoms with Crippen LogP contribution in [0.2, 0.25) is 0 Å². The Morgan fingerprint density at radius 1 is 1.25 bits per heavy atom. The van der Waals surface area contributed by atoms with Crippen LogP contribution >= 0.6 is 0 Å². The molecule has 0 unspecified atom stereocenters. The van der Waals surface area contributed by atoms with E-state index in [0.717, 1.165) is 43.9 Å². The predicted octanol–water partition coefficient (Wildman–Crippen LogP) is 2.86. The third kappa shape index (κ3) is 6.05. The van der Waals surface area contributed by atoms with Gasteiger partial charge < -0.3 is 14.8 Å². The first-order valence-corrected chi connectivity index (χ1v) is 7.17. The van der Waals surface area contributed by atoms with Crippen molar-refractivity contribution in [2.75, 3.05) is 26.9 Å². The zero-order valence-corrected chi connectivity index (χ0v) is 12.4. The molecule has 0 atom stereocenters. The van der Waals surface area contributed by atoms with E-state index in [-0.39, 0.29) is 0 Å². The van der Waals surface area contributed by atoms with Crippen molar-refractivity contribution in [1.29, 1.82) is 5.26 Å². The Bertz CT molecular complexity index is 427. The van der Waals surface area contributed by atoms with Crippen LogP contribution in [0.4, 0.5) is 0 Å². The van der Waals surface area contributed by atoms with E-state index >= 15 is 0 Å². The zero-order valence-electron chi connectivity index (χ0n) is 12.4. The Balaban J connectivity index is 2.26. The number of hydrogen-bond acceptors (Lipinski definition) is 4. The molecule has 1 rings (SSSR count). The second-order valence-electron chi connectivity index (χ2n) is 4.63. The van der Waals surface area contributed by atoms with Gasteiger partial charge in [-0.3, -0.25) is 0 Å². The van der Waals surface area contributed by atoms with E-state index < -0.39 is 0 Å². The van der Waals surface area contributed by atoms with Crippen molar-refractivity contribution in [1.82, 2.24) is 5.32 Å². The summed E-state index contributed by atoms with van der Waals surface area (Å²) in [6.07, 6.45) is 3.29. The average Bonchev–Trinajstić information content (AvgIpc) is 2.49. The fourth-order valence-electron chi connectivity index (χ4n) is 1.86. The molecule has 0 fully saturated rings. The van der Waals surface area contributed by atoms with Crippen molar-refractivity contribution in [3.8, 4) is 11.8 Å². The molecule has 1 aromatic rings. The van der Waals surface area contributed by atoms with E-state index in [2.05, 4.69) is 18.3 Å². The molecule has 0 aliphatic carbocycles. The lowest BCUT2D eigenvalue weighted by atomic mass is 10.1. The van der Waals surface area contributed by atoms with E-state index in [1.54, 1.807) is 13.2 Å². The molecule has 1 N–H and O–H groups in total. The molecule has 0 bridgehead atoms. The van der Waals surface area contributed by atoms with Crippen molar-refractivity contribution in [3.05, 3.63) is 29.3 Å². The van der Waals surface area contributed by atoms with Gasteiger partial charge in [-0.1, -0.05) is 13.3 Å². The van der Waals surface area contributed by atoms with Crippen molar-refractivity contribution in [3.63, 3.8) is 0 Å². The fourth-order valence-corrected chi connectivity index (χ4v) is 1.86. The first-order valence-electron chi connectivity index (χ1n) is 7.17. The van der Waals surface area contributed by atoms with Gasteiger partial charge in [0.25, 0.3) is 0 Å². The number of ether oxygens (including phenoxy) is 2. The van der Waals surface area contributed by atoms with Crippen LogP contribution in [0.3, 0.4) is 0 Å². The molecular weight excluding hydrogens is 252 g/mol. The minimum atomic E-state index is 0.658. The maximum atomic E-state index is 8.91. The molecule has 4 heteroatoms. The van der Waals surface area contributed by atoms with E-state index in [0.29, 0.717) is 12.1 Å². The van der Waals surface area contributed by atoms with Crippen LogP contribution in [0, 0.1) is 11.3 Å². The first kappa shape index (κ1) is 16.5. The fraction of sp³-hybridized carbons (Fsp3) is 0.562. The van der Waals surface area contributed by atoms with Crippen molar-refractivity contribution in [2.45, 2.75) is 32.7 Å². The first-order chi connectivity index (χ1) is 9.81. The third-order valence-electron chi connectivity index (χ3n) is 3.01. The summed E-state index contributed by atoms with van der Waals surface area (Å²) in [6.45, 7) is 5.41. The maximum Gasteiger partial charge on any atom is 0.123 e. The summed E-state index contributed by atoms with van der Waals surface area (Å²) < 4.78 is 10.8. The Labute approximate surface area is 121 Å². The number of nitrogens with zero attached hydrogens (tertiary/aromatic N) is 1. The van der Waals surface area contributed by atoms with Crippen LogP contribution in [0.25, 0.3) is 0 Å². The Kier molecular flexibility index (Phi) is 8.44. The van der Waals surface area contributed by atoms with Crippen LogP contribution in [0.15, 0.2) is 18.2 Å². The molecule has 0 aromatic heterocycles. The summed E-state index contributed by atoms with van der Waals surface area (Å²) in [4.78, 5) is 0. The number of methoxy groups -OCH3 is 1. The van der Waals surface area contributed by atoms with E-state index in [1.165, 1.54) is 6.42 Å². The number of nitriles is 1. The van der Waals surface area contributed by atoms with Gasteiger partial charge in [0.15, 0.2) is 0 Å². The highest BCUT2D eigenvalue weighted by Gasteiger charge is 2.03. The van der Waals surface area contributed by atoms with Crippen LogP contribution in [0.5, 0.6) is 5.75 Å². The van der Waals surface area contributed by atoms with E-state index in [4.69, 9.17) is 14.7 Å². The molecular formula is C16H24N2O2. The molecule has 20 heavy (non-hydrogen) atoms. The van der Waals surface area contributed by atoms with E-state index in [1.807, 2.05) is 12.1 Å². The topological polar surface area (TPSA) is 54.3 Å². The molecule has 0 radical (unpaired) electrons. The predicted molar refractivity (Wildman–Crippen MR) is 79.8 cm³/mol. The van der Waals surface area contributed by atoms with Crippen LogP contribution in [-0.4, -0.2) is 26.9 Å². The lowest BCUT2D eigenvalue weighted by Crippen LogP contribution is -2.17. The molecule has 0 saturated heterocycles. The number of unbranched alkanes of at least 4 members (excludes halogenated alkanes) is 1. The Morgan fingerprint density at radius 3 is 2.75 bits per heavy atom. The monoisotopic (exact) mass is 276 g/mol. The Morgan fingerprint density at radius 2 is 2.05 bits per heavy atom. The molecule has 0 amide bonds. The van der Waals surface area contributed by atoms with Gasteiger partial charge in [0.2, 0.25) is 0 Å². The number of hydrogen-bond donors (Lipinski definition) is 1. The van der Waals surface area contributed by atoms with Gasteiger partial charge >= 0.3 is 0 Å². The van der Waals surface area contributed by atoms with Gasteiger partial charge in [-0.05, 0) is 37.6 Å². The molecule has 4 nitrogen and oxygen atoms in total. The second-order valence-corrected chi connectivity index (χ2v) is 4.63. The highest BCUT2D eigenvalue weighted by Crippen LogP contribution is 2.19. The summed E-state index contributed by atoms with van der Waals surface area (Å²) >= 11 is 0. The molecule has 0 aliphatic heterocycles. The summed E-state index contributed by atoms with van der Waals surface area (Å²) in [6, 6.07) is 7.61. The molecule has 0 saturated carbocycles. The quantitative estimate of drug-likeness (QED) is 0.668. The minimum Gasteiger partial charge on any atom is -0.496 e. The van der Waals surface area contributed by atoms with Gasteiger partial charge in [-0.15, -0.1) is 0 Å². The number of benzene rings is 1. The van der Waals surface area contributed by atoms with Gasteiger partial charge in [-0.2, -0.15) is 5.26 Å². The SMILES string of the molecule is CCCCOCCCNCc1cc(C#N)ccc1OC. The highest BCUT2D eigenvalue weighted by atomic mass is 16.5. The molecule has 110 valence electrons. The summed E-state index contributed by atoms with van der Waals surface area (Å²) in [5.74, 6) is 0.815. The van der Waals surface area contributed by atoms with Crippen LogP contribution in [0.1, 0.15) is 37.3 Å². The summed E-state index contributed by atoms with van der Waals surface area (Å²) in [5.41, 5.74) is 1.67. The van der Waals surface area contributed by atoms with Gasteiger partial charge in [-0.25, -0.2) is 0 Å². The van der Waals surface area contributed by atoms with Gasteiger partial charge in [0, 0.05) is 25.3 Å². The standard InChI is InChI=1S/C16H24N2O2/c1-3-4-9-20-10-5-8-18-13-15-11-14(12-17)6-7-16(15)19-2/h6-7,11,18H,3-5,8-10,13H2,1-2H3. The normalized spacial score (nSPS) is 10.2. The smallest absolute Gasteiger partial charge is 0.123 e. The summed E-state index contributed by atoms with van der Waals surface area (Å²) in [5, 5.41) is 12.3. The lowest BCUT2D eigenvalue weighted by Gasteiger charge is -2.10. The molecule has 1 aromatic carbocycles. The van der Waals surface area contributed by atoms with Crippen molar-refractivity contribution >= 4 is 0 Å². The largest absolute Gasteiger partial charge is 0.496 e. The molecule has 0 heterocycles. The van der Waals surface area contributed by atoms with Crippen molar-refractivity contribution in [2.24, 2.45) is 0 Å². The minimum absolute atomic E-state index is 0.658. The van der Waals surface area contributed by atoms with Gasteiger partial charge in [0.05, 0.1) is 18.7 Å². The van der Waals surface area contributed by atoms with Gasteiger partial charge in [0.1, 0.15) is 5.75 Å². The highest BCUT2D eigenvalue weighted by molar-refractivity contribution is 5.41. The second kappa shape index (κ2) is 10.2. The van der Waals surface area contributed by atoms with Crippen LogP contribution < -0.4 is 10.1 Å².